The summed E-state index contributed by atoms with van der Waals surface area (Å²) in [7, 11) is 0. The Morgan fingerprint density at radius 3 is 3.00 bits per heavy atom. The third-order valence-electron chi connectivity index (χ3n) is 2.30. The van der Waals surface area contributed by atoms with Crippen LogP contribution in [0.5, 0.6) is 0 Å². The number of carboxylic acid groups (broad SMARTS) is 1. The predicted octanol–water partition coefficient (Wildman–Crippen LogP) is 0.792. The summed E-state index contributed by atoms with van der Waals surface area (Å²) in [6.07, 6.45) is 4.68. The second-order valence-electron chi connectivity index (χ2n) is 3.72. The first-order valence-electron chi connectivity index (χ1n) is 5.44. The van der Waals surface area contributed by atoms with Gasteiger partial charge in [0, 0.05) is 25.5 Å². The number of carbonyl (C=O) groups is 1. The molecule has 0 unspecified atom stereocenters. The van der Waals surface area contributed by atoms with Gasteiger partial charge in [0.05, 0.1) is 6.33 Å². The Morgan fingerprint density at radius 2 is 2.33 bits per heavy atom. The Morgan fingerprint density at radius 1 is 1.50 bits per heavy atom. The zero-order chi connectivity index (χ0) is 13.0. The van der Waals surface area contributed by atoms with E-state index in [1.165, 1.54) is 12.5 Å². The molecule has 0 aliphatic heterocycles. The molecule has 0 saturated heterocycles. The van der Waals surface area contributed by atoms with Crippen LogP contribution < -0.4 is 5.32 Å². The number of aromatic nitrogens is 4. The van der Waals surface area contributed by atoms with E-state index in [0.29, 0.717) is 18.9 Å². The maximum atomic E-state index is 10.6. The van der Waals surface area contributed by atoms with Gasteiger partial charge in [-0.2, -0.15) is 0 Å². The first kappa shape index (κ1) is 12.0. The van der Waals surface area contributed by atoms with E-state index in [4.69, 9.17) is 5.11 Å². The summed E-state index contributed by atoms with van der Waals surface area (Å²) in [5.74, 6) is 0.435. The number of hydrogen-bond acceptors (Lipinski definition) is 5. The first-order chi connectivity index (χ1) is 8.65. The van der Waals surface area contributed by atoms with Gasteiger partial charge in [-0.1, -0.05) is 0 Å². The predicted molar refractivity (Wildman–Crippen MR) is 64.4 cm³/mol. The minimum atomic E-state index is -1.02. The lowest BCUT2D eigenvalue weighted by atomic mass is 10.5. The SMILES string of the molecule is Cc1nccc(NCCn2cnc(C(=O)O)c2)n1. The summed E-state index contributed by atoms with van der Waals surface area (Å²) in [5.41, 5.74) is 0.0490. The van der Waals surface area contributed by atoms with Crippen LogP contribution in [0.25, 0.3) is 0 Å². The molecule has 18 heavy (non-hydrogen) atoms. The van der Waals surface area contributed by atoms with Crippen LogP contribution in [-0.2, 0) is 6.54 Å². The molecule has 0 spiro atoms. The van der Waals surface area contributed by atoms with Gasteiger partial charge in [0.1, 0.15) is 11.6 Å². The fourth-order valence-corrected chi connectivity index (χ4v) is 1.46. The van der Waals surface area contributed by atoms with Crippen molar-refractivity contribution in [1.29, 1.82) is 0 Å². The van der Waals surface area contributed by atoms with Crippen LogP contribution in [0.3, 0.4) is 0 Å². The Bertz CT molecular complexity index is 552. The van der Waals surface area contributed by atoms with Crippen molar-refractivity contribution in [2.75, 3.05) is 11.9 Å². The zero-order valence-corrected chi connectivity index (χ0v) is 9.87. The van der Waals surface area contributed by atoms with Gasteiger partial charge >= 0.3 is 5.97 Å². The molecule has 0 bridgehead atoms. The maximum absolute atomic E-state index is 10.6. The van der Waals surface area contributed by atoms with Crippen molar-refractivity contribution in [2.45, 2.75) is 13.5 Å². The molecule has 94 valence electrons. The molecule has 0 saturated carbocycles. The molecule has 0 atom stereocenters. The van der Waals surface area contributed by atoms with Crippen molar-refractivity contribution in [1.82, 2.24) is 19.5 Å². The number of carboxylic acids is 1. The average Bonchev–Trinajstić information content (AvgIpc) is 2.78. The van der Waals surface area contributed by atoms with E-state index < -0.39 is 5.97 Å². The van der Waals surface area contributed by atoms with Gasteiger partial charge in [-0.25, -0.2) is 19.7 Å². The summed E-state index contributed by atoms with van der Waals surface area (Å²) >= 11 is 0. The topological polar surface area (TPSA) is 92.9 Å². The molecule has 0 aliphatic carbocycles. The average molecular weight is 247 g/mol. The Kier molecular flexibility index (Phi) is 3.52. The summed E-state index contributed by atoms with van der Waals surface area (Å²) in [6, 6.07) is 1.78. The van der Waals surface area contributed by atoms with Crippen molar-refractivity contribution in [3.8, 4) is 0 Å². The lowest BCUT2D eigenvalue weighted by Gasteiger charge is -2.05. The fraction of sp³-hybridized carbons (Fsp3) is 0.273. The largest absolute Gasteiger partial charge is 0.476 e. The second-order valence-corrected chi connectivity index (χ2v) is 3.72. The van der Waals surface area contributed by atoms with E-state index in [-0.39, 0.29) is 5.69 Å². The molecule has 0 aromatic carbocycles. The van der Waals surface area contributed by atoms with E-state index in [1.54, 1.807) is 16.8 Å². The number of rotatable bonds is 5. The van der Waals surface area contributed by atoms with Crippen LogP contribution in [0.4, 0.5) is 5.82 Å². The quantitative estimate of drug-likeness (QED) is 0.811. The molecule has 2 aromatic heterocycles. The summed E-state index contributed by atoms with van der Waals surface area (Å²) < 4.78 is 1.71. The fourth-order valence-electron chi connectivity index (χ4n) is 1.46. The highest BCUT2D eigenvalue weighted by Gasteiger charge is 2.05. The minimum absolute atomic E-state index is 0.0490. The number of imidazole rings is 1. The van der Waals surface area contributed by atoms with Crippen LogP contribution >= 0.6 is 0 Å². The van der Waals surface area contributed by atoms with Crippen molar-refractivity contribution in [3.63, 3.8) is 0 Å². The van der Waals surface area contributed by atoms with E-state index in [0.717, 1.165) is 5.82 Å². The monoisotopic (exact) mass is 247 g/mol. The smallest absolute Gasteiger partial charge is 0.356 e. The molecule has 0 radical (unpaired) electrons. The van der Waals surface area contributed by atoms with Crippen LogP contribution in [0.1, 0.15) is 16.3 Å². The van der Waals surface area contributed by atoms with Crippen molar-refractivity contribution >= 4 is 11.8 Å². The normalized spacial score (nSPS) is 10.3. The van der Waals surface area contributed by atoms with Crippen LogP contribution in [0.2, 0.25) is 0 Å². The van der Waals surface area contributed by atoms with Crippen LogP contribution in [0, 0.1) is 6.92 Å². The van der Waals surface area contributed by atoms with Gasteiger partial charge in [0.2, 0.25) is 0 Å². The van der Waals surface area contributed by atoms with Crippen molar-refractivity contribution in [3.05, 3.63) is 36.3 Å². The Hall–Kier alpha value is -2.44. The van der Waals surface area contributed by atoms with E-state index >= 15 is 0 Å². The van der Waals surface area contributed by atoms with Gasteiger partial charge in [-0.3, -0.25) is 0 Å². The summed E-state index contributed by atoms with van der Waals surface area (Å²) in [5, 5.41) is 11.8. The van der Waals surface area contributed by atoms with Crippen LogP contribution in [-0.4, -0.2) is 37.1 Å². The highest BCUT2D eigenvalue weighted by Crippen LogP contribution is 2.01. The number of aromatic carboxylic acids is 1. The molecule has 2 heterocycles. The lowest BCUT2D eigenvalue weighted by molar-refractivity contribution is 0.0691. The highest BCUT2D eigenvalue weighted by atomic mass is 16.4. The first-order valence-corrected chi connectivity index (χ1v) is 5.44. The molecule has 0 amide bonds. The van der Waals surface area contributed by atoms with E-state index in [2.05, 4.69) is 20.3 Å². The second kappa shape index (κ2) is 5.26. The third kappa shape index (κ3) is 3.03. The Balaban J connectivity index is 1.86. The van der Waals surface area contributed by atoms with E-state index in [9.17, 15) is 4.79 Å². The van der Waals surface area contributed by atoms with Gasteiger partial charge in [-0.15, -0.1) is 0 Å². The number of hydrogen-bond donors (Lipinski definition) is 2. The van der Waals surface area contributed by atoms with Crippen molar-refractivity contribution < 1.29 is 9.90 Å². The molecule has 2 N–H and O–H groups in total. The highest BCUT2D eigenvalue weighted by molar-refractivity contribution is 5.84. The minimum Gasteiger partial charge on any atom is -0.476 e. The Labute approximate surface area is 104 Å². The molecule has 2 rings (SSSR count). The van der Waals surface area contributed by atoms with E-state index in [1.807, 2.05) is 6.92 Å². The van der Waals surface area contributed by atoms with Gasteiger partial charge in [0.25, 0.3) is 0 Å². The molecule has 0 aliphatic rings. The standard InChI is InChI=1S/C11H13N5O2/c1-8-12-3-2-10(15-8)13-4-5-16-6-9(11(17)18)14-7-16/h2-3,6-7H,4-5H2,1H3,(H,17,18)(H,12,13,15). The summed E-state index contributed by atoms with van der Waals surface area (Å²) in [6.45, 7) is 3.06. The zero-order valence-electron chi connectivity index (χ0n) is 9.87. The van der Waals surface area contributed by atoms with Crippen LogP contribution in [0.15, 0.2) is 24.8 Å². The molecule has 0 fully saturated rings. The maximum Gasteiger partial charge on any atom is 0.356 e. The summed E-state index contributed by atoms with van der Waals surface area (Å²) in [4.78, 5) is 22.6. The number of nitrogens with one attached hydrogen (secondary N) is 1. The molecular weight excluding hydrogens is 234 g/mol. The van der Waals surface area contributed by atoms with Gasteiger partial charge < -0.3 is 15.0 Å². The molecule has 7 nitrogen and oxygen atoms in total. The third-order valence-corrected chi connectivity index (χ3v) is 2.30. The number of anilines is 1. The number of nitrogens with zero attached hydrogens (tertiary/aromatic N) is 4. The van der Waals surface area contributed by atoms with Crippen molar-refractivity contribution in [2.24, 2.45) is 0 Å². The number of aryl methyl sites for hydroxylation is 1. The molecule has 7 heteroatoms. The molecular formula is C11H13N5O2. The molecule has 2 aromatic rings. The lowest BCUT2D eigenvalue weighted by Crippen LogP contribution is -2.10. The van der Waals surface area contributed by atoms with Gasteiger partial charge in [0.15, 0.2) is 5.69 Å². The van der Waals surface area contributed by atoms with Gasteiger partial charge in [-0.05, 0) is 13.0 Å².